The topological polar surface area (TPSA) is 16.1 Å². The van der Waals surface area contributed by atoms with E-state index in [1.807, 2.05) is 13.1 Å². The minimum absolute atomic E-state index is 0.265. The third-order valence-corrected chi connectivity index (χ3v) is 4.41. The van der Waals surface area contributed by atoms with Crippen molar-refractivity contribution in [2.45, 2.75) is 13.0 Å². The number of rotatable bonds is 3. The zero-order valence-electron chi connectivity index (χ0n) is 9.52. The van der Waals surface area contributed by atoms with Gasteiger partial charge in [-0.05, 0) is 40.4 Å². The SMILES string of the molecule is CC(c1cccs1)N(C)c1ncc(Br)cc1Cl. The first-order chi connectivity index (χ1) is 8.09. The summed E-state index contributed by atoms with van der Waals surface area (Å²) in [6, 6.07) is 6.31. The van der Waals surface area contributed by atoms with Gasteiger partial charge in [-0.3, -0.25) is 0 Å². The lowest BCUT2D eigenvalue weighted by Crippen LogP contribution is -2.22. The van der Waals surface area contributed by atoms with Crippen molar-refractivity contribution in [3.63, 3.8) is 0 Å². The van der Waals surface area contributed by atoms with Gasteiger partial charge in [0.1, 0.15) is 5.82 Å². The standard InChI is InChI=1S/C12H12BrClN2S/c1-8(11-4-3-5-17-11)16(2)12-10(14)6-9(13)7-15-12/h3-8H,1-2H3. The van der Waals surface area contributed by atoms with E-state index in [0.717, 1.165) is 10.3 Å². The summed E-state index contributed by atoms with van der Waals surface area (Å²) in [7, 11) is 2.01. The summed E-state index contributed by atoms with van der Waals surface area (Å²) in [5.41, 5.74) is 0. The van der Waals surface area contributed by atoms with E-state index in [1.165, 1.54) is 4.88 Å². The number of anilines is 1. The monoisotopic (exact) mass is 330 g/mol. The molecule has 0 saturated carbocycles. The fourth-order valence-corrected chi connectivity index (χ4v) is 3.16. The van der Waals surface area contributed by atoms with Crippen LogP contribution in [-0.2, 0) is 0 Å². The van der Waals surface area contributed by atoms with Gasteiger partial charge < -0.3 is 4.90 Å². The van der Waals surface area contributed by atoms with Gasteiger partial charge in [-0.1, -0.05) is 17.7 Å². The van der Waals surface area contributed by atoms with E-state index >= 15 is 0 Å². The molecule has 0 saturated heterocycles. The first-order valence-electron chi connectivity index (χ1n) is 5.17. The molecular formula is C12H12BrClN2S. The molecule has 0 radical (unpaired) electrons. The van der Waals surface area contributed by atoms with Crippen LogP contribution in [0.5, 0.6) is 0 Å². The molecule has 2 aromatic rings. The highest BCUT2D eigenvalue weighted by atomic mass is 79.9. The maximum atomic E-state index is 6.20. The van der Waals surface area contributed by atoms with Gasteiger partial charge in [-0.25, -0.2) is 4.98 Å². The van der Waals surface area contributed by atoms with Crippen LogP contribution in [0, 0.1) is 0 Å². The van der Waals surface area contributed by atoms with Gasteiger partial charge in [0.2, 0.25) is 0 Å². The smallest absolute Gasteiger partial charge is 0.147 e. The quantitative estimate of drug-likeness (QED) is 0.806. The second kappa shape index (κ2) is 5.38. The van der Waals surface area contributed by atoms with Crippen LogP contribution in [0.15, 0.2) is 34.2 Å². The third-order valence-electron chi connectivity index (χ3n) is 2.66. The Morgan fingerprint density at radius 1 is 1.53 bits per heavy atom. The summed E-state index contributed by atoms with van der Waals surface area (Å²) < 4.78 is 0.892. The van der Waals surface area contributed by atoms with Gasteiger partial charge >= 0.3 is 0 Å². The van der Waals surface area contributed by atoms with Crippen LogP contribution in [0.3, 0.4) is 0 Å². The molecule has 17 heavy (non-hydrogen) atoms. The molecule has 1 atom stereocenters. The maximum absolute atomic E-state index is 6.20. The number of thiophene rings is 1. The number of aromatic nitrogens is 1. The van der Waals surface area contributed by atoms with E-state index < -0.39 is 0 Å². The fraction of sp³-hybridized carbons (Fsp3) is 0.250. The average molecular weight is 332 g/mol. The van der Waals surface area contributed by atoms with Gasteiger partial charge in [-0.2, -0.15) is 0 Å². The number of pyridine rings is 1. The van der Waals surface area contributed by atoms with E-state index in [4.69, 9.17) is 11.6 Å². The van der Waals surface area contributed by atoms with Crippen LogP contribution in [0.2, 0.25) is 5.02 Å². The summed E-state index contributed by atoms with van der Waals surface area (Å²) >= 11 is 11.3. The second-order valence-corrected chi connectivity index (χ2v) is 6.06. The van der Waals surface area contributed by atoms with Crippen LogP contribution >= 0.6 is 38.9 Å². The Kier molecular flexibility index (Phi) is 4.07. The lowest BCUT2D eigenvalue weighted by molar-refractivity contribution is 0.742. The minimum Gasteiger partial charge on any atom is -0.351 e. The molecule has 1 unspecified atom stereocenters. The molecule has 2 aromatic heterocycles. The summed E-state index contributed by atoms with van der Waals surface area (Å²) in [6.07, 6.45) is 1.76. The van der Waals surface area contributed by atoms with Crippen molar-refractivity contribution in [1.82, 2.24) is 4.98 Å². The maximum Gasteiger partial charge on any atom is 0.147 e. The van der Waals surface area contributed by atoms with Gasteiger partial charge in [0.15, 0.2) is 0 Å². The molecule has 90 valence electrons. The van der Waals surface area contributed by atoms with Crippen molar-refractivity contribution in [3.8, 4) is 0 Å². The van der Waals surface area contributed by atoms with Gasteiger partial charge in [0, 0.05) is 22.6 Å². The molecular weight excluding hydrogens is 320 g/mol. The van der Waals surface area contributed by atoms with Crippen LogP contribution < -0.4 is 4.90 Å². The average Bonchev–Trinajstić information content (AvgIpc) is 2.80. The molecule has 2 nitrogen and oxygen atoms in total. The van der Waals surface area contributed by atoms with E-state index in [9.17, 15) is 0 Å². The van der Waals surface area contributed by atoms with Crippen LogP contribution in [0.1, 0.15) is 17.8 Å². The molecule has 0 aliphatic rings. The normalized spacial score (nSPS) is 12.5. The molecule has 0 amide bonds. The largest absolute Gasteiger partial charge is 0.351 e. The minimum atomic E-state index is 0.265. The lowest BCUT2D eigenvalue weighted by atomic mass is 10.2. The van der Waals surface area contributed by atoms with Crippen molar-refractivity contribution in [1.29, 1.82) is 0 Å². The molecule has 2 heterocycles. The van der Waals surface area contributed by atoms with Crippen LogP contribution in [0.25, 0.3) is 0 Å². The van der Waals surface area contributed by atoms with Crippen LogP contribution in [-0.4, -0.2) is 12.0 Å². The number of hydrogen-bond acceptors (Lipinski definition) is 3. The van der Waals surface area contributed by atoms with Gasteiger partial charge in [0.25, 0.3) is 0 Å². The van der Waals surface area contributed by atoms with Gasteiger partial charge in [0.05, 0.1) is 11.1 Å². The molecule has 0 aliphatic heterocycles. The van der Waals surface area contributed by atoms with E-state index in [2.05, 4.69) is 50.3 Å². The molecule has 5 heteroatoms. The Balaban J connectivity index is 2.28. The summed E-state index contributed by atoms with van der Waals surface area (Å²) in [5.74, 6) is 0.802. The molecule has 0 N–H and O–H groups in total. The Bertz CT molecular complexity index is 501. The Hall–Kier alpha value is -0.580. The highest BCUT2D eigenvalue weighted by Gasteiger charge is 2.16. The number of hydrogen-bond donors (Lipinski definition) is 0. The Morgan fingerprint density at radius 3 is 2.88 bits per heavy atom. The highest BCUT2D eigenvalue weighted by Crippen LogP contribution is 2.32. The zero-order chi connectivity index (χ0) is 12.4. The van der Waals surface area contributed by atoms with Crippen molar-refractivity contribution in [2.24, 2.45) is 0 Å². The third kappa shape index (κ3) is 2.81. The molecule has 0 fully saturated rings. The van der Waals surface area contributed by atoms with E-state index in [0.29, 0.717) is 5.02 Å². The van der Waals surface area contributed by atoms with Crippen LogP contribution in [0.4, 0.5) is 5.82 Å². The second-order valence-electron chi connectivity index (χ2n) is 3.76. The lowest BCUT2D eigenvalue weighted by Gasteiger charge is -2.25. The van der Waals surface area contributed by atoms with E-state index in [-0.39, 0.29) is 6.04 Å². The van der Waals surface area contributed by atoms with Gasteiger partial charge in [-0.15, -0.1) is 11.3 Å². The molecule has 0 aromatic carbocycles. The predicted molar refractivity (Wildman–Crippen MR) is 78.1 cm³/mol. The Labute approximate surface area is 118 Å². The molecule has 2 rings (SSSR count). The molecule has 0 aliphatic carbocycles. The fourth-order valence-electron chi connectivity index (χ4n) is 1.57. The number of halogens is 2. The summed E-state index contributed by atoms with van der Waals surface area (Å²) in [5, 5.41) is 2.74. The number of nitrogens with zero attached hydrogens (tertiary/aromatic N) is 2. The highest BCUT2D eigenvalue weighted by molar-refractivity contribution is 9.10. The summed E-state index contributed by atoms with van der Waals surface area (Å²) in [6.45, 7) is 2.14. The van der Waals surface area contributed by atoms with Crippen molar-refractivity contribution < 1.29 is 0 Å². The summed E-state index contributed by atoms with van der Waals surface area (Å²) in [4.78, 5) is 7.74. The van der Waals surface area contributed by atoms with Crippen molar-refractivity contribution in [3.05, 3.63) is 44.1 Å². The first-order valence-corrected chi connectivity index (χ1v) is 7.22. The van der Waals surface area contributed by atoms with Crippen molar-refractivity contribution in [2.75, 3.05) is 11.9 Å². The first kappa shape index (κ1) is 12.9. The molecule has 0 spiro atoms. The van der Waals surface area contributed by atoms with Crippen molar-refractivity contribution >= 4 is 44.7 Å². The Morgan fingerprint density at radius 2 is 2.29 bits per heavy atom. The van der Waals surface area contributed by atoms with E-state index in [1.54, 1.807) is 17.5 Å². The molecule has 0 bridgehead atoms. The predicted octanol–water partition coefficient (Wildman–Crippen LogP) is 4.76. The zero-order valence-corrected chi connectivity index (χ0v) is 12.7.